The fraction of sp³-hybridized carbons (Fsp3) is 0.500. The standard InChI is InChI=1S/C2H2FO2/c3-1-5-2-4/h1H2. The summed E-state index contributed by atoms with van der Waals surface area (Å²) in [4.78, 5) is 8.82. The van der Waals surface area contributed by atoms with Crippen LogP contribution in [-0.2, 0) is 9.53 Å². The zero-order valence-electron chi connectivity index (χ0n) is 2.40. The molecule has 0 aliphatic carbocycles. The first-order valence-electron chi connectivity index (χ1n) is 0.964. The largest absolute Gasteiger partial charge is 0.425 e. The van der Waals surface area contributed by atoms with Gasteiger partial charge in [0, 0.05) is 0 Å². The quantitative estimate of drug-likeness (QED) is 0.463. The fourth-order valence-electron chi connectivity index (χ4n) is 0.0223. The van der Waals surface area contributed by atoms with Crippen molar-refractivity contribution in [1.82, 2.24) is 0 Å². The van der Waals surface area contributed by atoms with Crippen molar-refractivity contribution in [3.05, 3.63) is 0 Å². The summed E-state index contributed by atoms with van der Waals surface area (Å²) in [6, 6.07) is 0. The highest BCUT2D eigenvalue weighted by Crippen LogP contribution is 1.60. The van der Waals surface area contributed by atoms with Crippen LogP contribution in [-0.4, -0.2) is 13.3 Å². The lowest BCUT2D eigenvalue weighted by atomic mass is 11.5. The van der Waals surface area contributed by atoms with Gasteiger partial charge in [0.2, 0.25) is 6.86 Å². The van der Waals surface area contributed by atoms with Crippen LogP contribution in [0.5, 0.6) is 0 Å². The maximum Gasteiger partial charge on any atom is 0.419 e. The number of ether oxygens (including phenoxy) is 1. The average Bonchev–Trinajstić information content (AvgIpc) is 1.41. The Kier molecular flexibility index (Phi) is 2.99. The van der Waals surface area contributed by atoms with Gasteiger partial charge in [-0.25, -0.2) is 9.18 Å². The first-order valence-corrected chi connectivity index (χ1v) is 0.964. The molecule has 0 aliphatic heterocycles. The molecule has 0 saturated carbocycles. The second-order valence-corrected chi connectivity index (χ2v) is 0.337. The molecule has 0 spiro atoms. The van der Waals surface area contributed by atoms with Crippen molar-refractivity contribution in [2.45, 2.75) is 0 Å². The minimum Gasteiger partial charge on any atom is -0.425 e. The number of hydrogen-bond donors (Lipinski definition) is 0. The van der Waals surface area contributed by atoms with Gasteiger partial charge in [-0.1, -0.05) is 0 Å². The van der Waals surface area contributed by atoms with Gasteiger partial charge in [0.05, 0.1) is 0 Å². The molecule has 1 radical (unpaired) electrons. The van der Waals surface area contributed by atoms with Crippen molar-refractivity contribution in [3.63, 3.8) is 0 Å². The van der Waals surface area contributed by atoms with E-state index in [1.165, 1.54) is 0 Å². The van der Waals surface area contributed by atoms with E-state index >= 15 is 0 Å². The molecule has 0 saturated heterocycles. The van der Waals surface area contributed by atoms with Crippen LogP contribution in [0.15, 0.2) is 0 Å². The predicted molar refractivity (Wildman–Crippen MR) is 12.8 cm³/mol. The van der Waals surface area contributed by atoms with Crippen LogP contribution in [0.2, 0.25) is 0 Å². The third-order valence-corrected chi connectivity index (χ3v) is 0.113. The van der Waals surface area contributed by atoms with Crippen molar-refractivity contribution in [2.24, 2.45) is 0 Å². The van der Waals surface area contributed by atoms with Gasteiger partial charge in [0.25, 0.3) is 0 Å². The molecule has 0 aliphatic rings. The van der Waals surface area contributed by atoms with Crippen molar-refractivity contribution in [2.75, 3.05) is 6.86 Å². The fourth-order valence-corrected chi connectivity index (χ4v) is 0.0223. The molecular formula is C2H2FO2. The van der Waals surface area contributed by atoms with Crippen molar-refractivity contribution in [3.8, 4) is 0 Å². The summed E-state index contributed by atoms with van der Waals surface area (Å²) in [7, 11) is 0. The molecule has 0 unspecified atom stereocenters. The van der Waals surface area contributed by atoms with E-state index in [1.807, 2.05) is 0 Å². The van der Waals surface area contributed by atoms with E-state index in [0.29, 0.717) is 0 Å². The van der Waals surface area contributed by atoms with Gasteiger partial charge in [0.15, 0.2) is 0 Å². The molecule has 29 valence electrons. The lowest BCUT2D eigenvalue weighted by Gasteiger charge is -1.73. The number of rotatable bonds is 2. The van der Waals surface area contributed by atoms with Gasteiger partial charge in [-0.2, -0.15) is 0 Å². The highest BCUT2D eigenvalue weighted by atomic mass is 19.1. The summed E-state index contributed by atoms with van der Waals surface area (Å²) in [6.07, 6.45) is 0. The molecule has 3 heteroatoms. The second-order valence-electron chi connectivity index (χ2n) is 0.337. The Morgan fingerprint density at radius 3 is 2.60 bits per heavy atom. The van der Waals surface area contributed by atoms with Crippen LogP contribution >= 0.6 is 0 Å². The predicted octanol–water partition coefficient (Wildman–Crippen LogP) is -0.00280. The summed E-state index contributed by atoms with van der Waals surface area (Å²) in [5, 5.41) is 0. The third-order valence-electron chi connectivity index (χ3n) is 0.113. The molecule has 2 nitrogen and oxygen atoms in total. The topological polar surface area (TPSA) is 26.3 Å². The summed E-state index contributed by atoms with van der Waals surface area (Å²) in [6.45, 7) is -0.188. The number of hydrogen-bond acceptors (Lipinski definition) is 2. The van der Waals surface area contributed by atoms with Crippen LogP contribution in [0.3, 0.4) is 0 Å². The molecule has 0 aromatic rings. The molecule has 0 rings (SSSR count). The van der Waals surface area contributed by atoms with Gasteiger partial charge in [0.1, 0.15) is 0 Å². The van der Waals surface area contributed by atoms with Gasteiger partial charge in [-0.05, 0) is 0 Å². The molecule has 0 N–H and O–H groups in total. The molecule has 0 heterocycles. The highest BCUT2D eigenvalue weighted by Gasteiger charge is 1.68. The van der Waals surface area contributed by atoms with Crippen LogP contribution in [0, 0.1) is 0 Å². The zero-order valence-corrected chi connectivity index (χ0v) is 2.40. The maximum atomic E-state index is 10.5. The molecule has 0 aromatic heterocycles. The zero-order chi connectivity index (χ0) is 4.12. The molecule has 0 bridgehead atoms. The van der Waals surface area contributed by atoms with E-state index in [4.69, 9.17) is 4.79 Å². The molecular weight excluding hydrogens is 75.0 g/mol. The molecule has 0 aromatic carbocycles. The summed E-state index contributed by atoms with van der Waals surface area (Å²) >= 11 is 0. The van der Waals surface area contributed by atoms with Gasteiger partial charge in [-0.15, -0.1) is 0 Å². The number of alkyl halides is 1. The van der Waals surface area contributed by atoms with E-state index in [-0.39, 0.29) is 0 Å². The molecule has 5 heavy (non-hydrogen) atoms. The van der Waals surface area contributed by atoms with E-state index in [2.05, 4.69) is 4.74 Å². The lowest BCUT2D eigenvalue weighted by molar-refractivity contribution is 0.170. The average molecular weight is 77.0 g/mol. The monoisotopic (exact) mass is 77.0 g/mol. The number of carbonyl (C=O) groups excluding carboxylic acids is 1. The van der Waals surface area contributed by atoms with Crippen molar-refractivity contribution in [1.29, 1.82) is 0 Å². The Hall–Kier alpha value is -0.600. The maximum absolute atomic E-state index is 10.5. The van der Waals surface area contributed by atoms with E-state index in [0.717, 1.165) is 6.47 Å². The first kappa shape index (κ1) is 4.40. The summed E-state index contributed by atoms with van der Waals surface area (Å²) < 4.78 is 13.9. The molecule has 0 fully saturated rings. The minimum absolute atomic E-state index is 0.892. The van der Waals surface area contributed by atoms with E-state index in [1.54, 1.807) is 0 Å². The Bertz CT molecular complexity index is 28.8. The molecule has 0 amide bonds. The lowest BCUT2D eigenvalue weighted by Crippen LogP contribution is -1.78. The molecule has 0 atom stereocenters. The van der Waals surface area contributed by atoms with Gasteiger partial charge in [-0.3, -0.25) is 0 Å². The van der Waals surface area contributed by atoms with Crippen molar-refractivity contribution >= 4 is 6.47 Å². The van der Waals surface area contributed by atoms with E-state index in [9.17, 15) is 4.39 Å². The Morgan fingerprint density at radius 1 is 2.00 bits per heavy atom. The summed E-state index contributed by atoms with van der Waals surface area (Å²) in [5.41, 5.74) is 0. The van der Waals surface area contributed by atoms with Gasteiger partial charge < -0.3 is 4.74 Å². The number of halogens is 1. The summed E-state index contributed by atoms with van der Waals surface area (Å²) in [5.74, 6) is 0. The van der Waals surface area contributed by atoms with Crippen LogP contribution in [0.4, 0.5) is 4.39 Å². The minimum atomic E-state index is -1.08. The van der Waals surface area contributed by atoms with Crippen molar-refractivity contribution < 1.29 is 13.9 Å². The van der Waals surface area contributed by atoms with Crippen LogP contribution in [0.1, 0.15) is 0 Å². The van der Waals surface area contributed by atoms with E-state index < -0.39 is 6.86 Å². The normalized spacial score (nSPS) is 6.60. The smallest absolute Gasteiger partial charge is 0.419 e. The third kappa shape index (κ3) is 3.40. The first-order chi connectivity index (χ1) is 2.41. The van der Waals surface area contributed by atoms with Gasteiger partial charge >= 0.3 is 6.47 Å². The van der Waals surface area contributed by atoms with Crippen LogP contribution in [0.25, 0.3) is 0 Å². The Balaban J connectivity index is 2.40. The van der Waals surface area contributed by atoms with Crippen LogP contribution < -0.4 is 0 Å². The second kappa shape index (κ2) is 3.40. The Labute approximate surface area is 28.5 Å². The SMILES string of the molecule is O=[C]OCF. The Morgan fingerprint density at radius 2 is 2.60 bits per heavy atom. The highest BCUT2D eigenvalue weighted by molar-refractivity contribution is 5.37.